The van der Waals surface area contributed by atoms with Gasteiger partial charge in [0.25, 0.3) is 0 Å². The third-order valence-corrected chi connectivity index (χ3v) is 5.89. The number of benzene rings is 1. The topological polar surface area (TPSA) is 59.1 Å². The van der Waals surface area contributed by atoms with Crippen molar-refractivity contribution in [2.24, 2.45) is 0 Å². The summed E-state index contributed by atoms with van der Waals surface area (Å²) in [5, 5.41) is 4.29. The molecule has 0 saturated carbocycles. The molecule has 1 heterocycles. The number of thiazole rings is 1. The molecule has 0 aliphatic carbocycles. The second kappa shape index (κ2) is 6.37. The quantitative estimate of drug-likeness (QED) is 0.890. The highest BCUT2D eigenvalue weighted by atomic mass is 32.2. The summed E-state index contributed by atoms with van der Waals surface area (Å²) in [5.41, 5.74) is 0.654. The fourth-order valence-corrected chi connectivity index (χ4v) is 3.69. The summed E-state index contributed by atoms with van der Waals surface area (Å²) in [7, 11) is -3.21. The Bertz CT molecular complexity index is 678. The van der Waals surface area contributed by atoms with Crippen LogP contribution >= 0.6 is 11.3 Å². The molecule has 0 atom stereocenters. The van der Waals surface area contributed by atoms with Gasteiger partial charge in [0.05, 0.1) is 27.9 Å². The Morgan fingerprint density at radius 1 is 1.25 bits per heavy atom. The van der Waals surface area contributed by atoms with E-state index < -0.39 is 9.84 Å². The van der Waals surface area contributed by atoms with Crippen molar-refractivity contribution in [2.75, 3.05) is 11.1 Å². The van der Waals surface area contributed by atoms with Crippen LogP contribution < -0.4 is 5.32 Å². The van der Waals surface area contributed by atoms with Crippen LogP contribution in [0, 0.1) is 0 Å². The lowest BCUT2D eigenvalue weighted by Crippen LogP contribution is -2.08. The highest BCUT2D eigenvalue weighted by molar-refractivity contribution is 7.91. The minimum absolute atomic E-state index is 0.103. The summed E-state index contributed by atoms with van der Waals surface area (Å²) < 4.78 is 24.1. The van der Waals surface area contributed by atoms with E-state index in [1.54, 1.807) is 36.5 Å². The summed E-state index contributed by atoms with van der Waals surface area (Å²) in [5.74, 6) is 0.103. The first-order valence-electron chi connectivity index (χ1n) is 6.56. The van der Waals surface area contributed by atoms with Gasteiger partial charge in [-0.25, -0.2) is 13.4 Å². The van der Waals surface area contributed by atoms with Crippen molar-refractivity contribution in [1.82, 2.24) is 4.98 Å². The number of anilines is 1. The van der Waals surface area contributed by atoms with Crippen molar-refractivity contribution in [3.05, 3.63) is 40.3 Å². The molecule has 2 aromatic rings. The summed E-state index contributed by atoms with van der Waals surface area (Å²) in [6.45, 7) is 4.32. The summed E-state index contributed by atoms with van der Waals surface area (Å²) in [6.07, 6.45) is 2.76. The largest absolute Gasteiger partial charge is 0.379 e. The van der Waals surface area contributed by atoms with Crippen LogP contribution in [-0.4, -0.2) is 19.2 Å². The Hall–Kier alpha value is -1.40. The van der Waals surface area contributed by atoms with Crippen LogP contribution in [0.25, 0.3) is 0 Å². The minimum Gasteiger partial charge on any atom is -0.379 e. The highest BCUT2D eigenvalue weighted by Crippen LogP contribution is 2.23. The van der Waals surface area contributed by atoms with Crippen molar-refractivity contribution in [3.63, 3.8) is 0 Å². The molecule has 0 saturated heterocycles. The van der Waals surface area contributed by atoms with E-state index in [0.717, 1.165) is 16.3 Å². The Kier molecular flexibility index (Phi) is 4.77. The highest BCUT2D eigenvalue weighted by Gasteiger charge is 2.15. The summed E-state index contributed by atoms with van der Waals surface area (Å²) in [4.78, 5) is 5.76. The van der Waals surface area contributed by atoms with E-state index in [4.69, 9.17) is 0 Å². The monoisotopic (exact) mass is 310 g/mol. The smallest absolute Gasteiger partial charge is 0.180 e. The number of rotatable bonds is 6. The average molecular weight is 310 g/mol. The predicted molar refractivity (Wildman–Crippen MR) is 83.0 cm³/mol. The fraction of sp³-hybridized carbons (Fsp3) is 0.357. The zero-order valence-corrected chi connectivity index (χ0v) is 13.2. The predicted octanol–water partition coefficient (Wildman–Crippen LogP) is 3.11. The molecular weight excluding hydrogens is 292 g/mol. The van der Waals surface area contributed by atoms with Gasteiger partial charge in [-0.1, -0.05) is 26.0 Å². The number of nitrogens with one attached hydrogen (secondary N) is 1. The maximum atomic E-state index is 12.0. The van der Waals surface area contributed by atoms with Crippen LogP contribution in [0.4, 0.5) is 5.69 Å². The van der Waals surface area contributed by atoms with E-state index in [1.165, 1.54) is 0 Å². The Balaban J connectivity index is 2.18. The van der Waals surface area contributed by atoms with Crippen LogP contribution in [0.3, 0.4) is 0 Å². The first-order chi connectivity index (χ1) is 9.56. The van der Waals surface area contributed by atoms with Gasteiger partial charge in [0.15, 0.2) is 9.84 Å². The number of nitrogens with zero attached hydrogens (tertiary/aromatic N) is 1. The molecule has 1 N–H and O–H groups in total. The van der Waals surface area contributed by atoms with Crippen LogP contribution in [0.5, 0.6) is 0 Å². The molecule has 0 spiro atoms. The Labute approximate surface area is 123 Å². The molecule has 0 bridgehead atoms. The van der Waals surface area contributed by atoms with E-state index in [1.807, 2.05) is 12.3 Å². The summed E-state index contributed by atoms with van der Waals surface area (Å²) in [6, 6.07) is 7.02. The van der Waals surface area contributed by atoms with Gasteiger partial charge in [-0.3, -0.25) is 0 Å². The maximum absolute atomic E-state index is 12.0. The zero-order chi connectivity index (χ0) is 14.6. The molecule has 1 aromatic carbocycles. The van der Waals surface area contributed by atoms with Crippen LogP contribution in [0.2, 0.25) is 0 Å². The molecule has 2 rings (SSSR count). The van der Waals surface area contributed by atoms with E-state index in [-0.39, 0.29) is 5.75 Å². The molecule has 108 valence electrons. The second-order valence-electron chi connectivity index (χ2n) is 4.33. The lowest BCUT2D eigenvalue weighted by molar-refractivity contribution is 0.597. The minimum atomic E-state index is -3.21. The number of aromatic nitrogens is 1. The molecule has 0 unspecified atom stereocenters. The number of hydrogen-bond donors (Lipinski definition) is 1. The molecule has 4 nitrogen and oxygen atoms in total. The third kappa shape index (κ3) is 3.37. The van der Waals surface area contributed by atoms with Crippen LogP contribution in [0.1, 0.15) is 23.7 Å². The standard InChI is InChI=1S/C14H18N2O2S2/c1-3-14-16-10-11(19-14)9-15-12-7-5-6-8-13(12)20(17,18)4-2/h5-8,10,15H,3-4,9H2,1-2H3. The molecule has 6 heteroatoms. The van der Waals surface area contributed by atoms with Crippen LogP contribution in [0.15, 0.2) is 35.4 Å². The normalized spacial score (nSPS) is 11.5. The zero-order valence-electron chi connectivity index (χ0n) is 11.6. The lowest BCUT2D eigenvalue weighted by Gasteiger charge is -2.10. The average Bonchev–Trinajstić information content (AvgIpc) is 2.93. The molecule has 0 fully saturated rings. The van der Waals surface area contributed by atoms with E-state index in [2.05, 4.69) is 17.2 Å². The van der Waals surface area contributed by atoms with Crippen molar-refractivity contribution < 1.29 is 8.42 Å². The number of sulfone groups is 1. The molecule has 0 aliphatic rings. The number of para-hydroxylation sites is 1. The SMILES string of the molecule is CCc1ncc(CNc2ccccc2S(=O)(=O)CC)s1. The van der Waals surface area contributed by atoms with Gasteiger partial charge >= 0.3 is 0 Å². The fourth-order valence-electron chi connectivity index (χ4n) is 1.81. The molecule has 20 heavy (non-hydrogen) atoms. The van der Waals surface area contributed by atoms with Crippen LogP contribution in [-0.2, 0) is 22.8 Å². The van der Waals surface area contributed by atoms with Gasteiger partial charge < -0.3 is 5.32 Å². The van der Waals surface area contributed by atoms with Gasteiger partial charge in [0, 0.05) is 11.1 Å². The van der Waals surface area contributed by atoms with Crippen molar-refractivity contribution in [3.8, 4) is 0 Å². The Morgan fingerprint density at radius 2 is 2.00 bits per heavy atom. The molecule has 0 radical (unpaired) electrons. The Morgan fingerprint density at radius 3 is 2.65 bits per heavy atom. The molecule has 0 amide bonds. The third-order valence-electron chi connectivity index (χ3n) is 2.96. The van der Waals surface area contributed by atoms with Crippen molar-refractivity contribution >= 4 is 26.9 Å². The first-order valence-corrected chi connectivity index (χ1v) is 9.03. The van der Waals surface area contributed by atoms with E-state index >= 15 is 0 Å². The molecular formula is C14H18N2O2S2. The van der Waals surface area contributed by atoms with E-state index in [0.29, 0.717) is 17.1 Å². The molecule has 0 aliphatic heterocycles. The van der Waals surface area contributed by atoms with E-state index in [9.17, 15) is 8.42 Å². The van der Waals surface area contributed by atoms with Crippen molar-refractivity contribution in [1.29, 1.82) is 0 Å². The van der Waals surface area contributed by atoms with Gasteiger partial charge in [-0.15, -0.1) is 11.3 Å². The maximum Gasteiger partial charge on any atom is 0.180 e. The van der Waals surface area contributed by atoms with Crippen molar-refractivity contribution in [2.45, 2.75) is 31.7 Å². The number of aryl methyl sites for hydroxylation is 1. The van der Waals surface area contributed by atoms with Gasteiger partial charge in [-0.05, 0) is 18.6 Å². The first kappa shape index (κ1) is 15.0. The second-order valence-corrected chi connectivity index (χ2v) is 7.77. The van der Waals surface area contributed by atoms with Gasteiger partial charge in [0.1, 0.15) is 0 Å². The van der Waals surface area contributed by atoms with Gasteiger partial charge in [-0.2, -0.15) is 0 Å². The van der Waals surface area contributed by atoms with Gasteiger partial charge in [0.2, 0.25) is 0 Å². The summed E-state index contributed by atoms with van der Waals surface area (Å²) >= 11 is 1.65. The number of hydrogen-bond acceptors (Lipinski definition) is 5. The lowest BCUT2D eigenvalue weighted by atomic mass is 10.3. The molecule has 1 aromatic heterocycles.